The van der Waals surface area contributed by atoms with Crippen LogP contribution in [0, 0.1) is 0 Å². The summed E-state index contributed by atoms with van der Waals surface area (Å²) in [7, 11) is 0. The van der Waals surface area contributed by atoms with Gasteiger partial charge < -0.3 is 4.57 Å². The predicted octanol–water partition coefficient (Wildman–Crippen LogP) is -0.772. The molecule has 0 aliphatic rings. The molecule has 1 aromatic heterocycles. The van der Waals surface area contributed by atoms with Crippen LogP contribution in [0.15, 0.2) is 29.3 Å². The molecule has 0 saturated heterocycles. The van der Waals surface area contributed by atoms with Crippen LogP contribution >= 0.6 is 0 Å². The zero-order chi connectivity index (χ0) is 9.68. The first kappa shape index (κ1) is 9.47. The third kappa shape index (κ3) is 3.08. The van der Waals surface area contributed by atoms with Crippen LogP contribution in [0.1, 0.15) is 6.42 Å². The van der Waals surface area contributed by atoms with Gasteiger partial charge in [0, 0.05) is 37.5 Å². The van der Waals surface area contributed by atoms with Gasteiger partial charge >= 0.3 is 0 Å². The molecule has 1 rings (SSSR count). The van der Waals surface area contributed by atoms with Crippen LogP contribution in [0.2, 0.25) is 0 Å². The van der Waals surface area contributed by atoms with Crippen LogP contribution in [0.3, 0.4) is 0 Å². The second-order valence-corrected chi connectivity index (χ2v) is 2.59. The van der Waals surface area contributed by atoms with Gasteiger partial charge in [0.2, 0.25) is 5.91 Å². The number of nitrogens with zero attached hydrogens (tertiary/aromatic N) is 1. The van der Waals surface area contributed by atoms with Crippen LogP contribution in [0.4, 0.5) is 0 Å². The number of hydrogen-bond donors (Lipinski definition) is 2. The number of carbonyl (C=O) groups is 1. The number of aryl methyl sites for hydroxylation is 1. The number of aromatic nitrogens is 1. The number of rotatable bonds is 3. The highest BCUT2D eigenvalue weighted by atomic mass is 16.2. The van der Waals surface area contributed by atoms with Crippen LogP contribution in [0.25, 0.3) is 0 Å². The summed E-state index contributed by atoms with van der Waals surface area (Å²) < 4.78 is 1.75. The SMILES string of the molecule is NNC(=O)CCn1ccc(=O)cc1. The van der Waals surface area contributed by atoms with Crippen LogP contribution in [-0.4, -0.2) is 10.5 Å². The molecule has 0 spiro atoms. The Labute approximate surface area is 75.1 Å². The lowest BCUT2D eigenvalue weighted by atomic mass is 10.4. The van der Waals surface area contributed by atoms with Gasteiger partial charge in [-0.15, -0.1) is 0 Å². The summed E-state index contributed by atoms with van der Waals surface area (Å²) in [6, 6.07) is 2.89. The Bertz CT molecular complexity index is 325. The molecule has 1 amide bonds. The number of nitrogens with one attached hydrogen (secondary N) is 1. The molecular weight excluding hydrogens is 170 g/mol. The van der Waals surface area contributed by atoms with E-state index in [0.717, 1.165) is 0 Å². The first-order chi connectivity index (χ1) is 6.22. The average molecular weight is 181 g/mol. The van der Waals surface area contributed by atoms with Crippen molar-refractivity contribution in [3.8, 4) is 0 Å². The molecule has 0 saturated carbocycles. The maximum Gasteiger partial charge on any atom is 0.235 e. The van der Waals surface area contributed by atoms with Gasteiger partial charge in [0.15, 0.2) is 5.43 Å². The van der Waals surface area contributed by atoms with Crippen molar-refractivity contribution < 1.29 is 4.79 Å². The molecule has 0 unspecified atom stereocenters. The lowest BCUT2D eigenvalue weighted by molar-refractivity contribution is -0.121. The van der Waals surface area contributed by atoms with E-state index in [9.17, 15) is 9.59 Å². The van der Waals surface area contributed by atoms with Crippen molar-refractivity contribution in [1.29, 1.82) is 0 Å². The Kier molecular flexibility index (Phi) is 3.22. The van der Waals surface area contributed by atoms with E-state index in [2.05, 4.69) is 0 Å². The van der Waals surface area contributed by atoms with Crippen molar-refractivity contribution in [3.05, 3.63) is 34.7 Å². The maximum absolute atomic E-state index is 10.7. The van der Waals surface area contributed by atoms with E-state index in [0.29, 0.717) is 13.0 Å². The molecule has 0 bridgehead atoms. The molecule has 0 atom stereocenters. The standard InChI is InChI=1S/C8H11N3O2/c9-10-8(13)3-6-11-4-1-7(12)2-5-11/h1-2,4-5H,3,6,9H2,(H,10,13). The minimum absolute atomic E-state index is 0.0421. The number of amides is 1. The summed E-state index contributed by atoms with van der Waals surface area (Å²) in [5.41, 5.74) is 1.99. The van der Waals surface area contributed by atoms with Gasteiger partial charge in [-0.3, -0.25) is 15.0 Å². The second-order valence-electron chi connectivity index (χ2n) is 2.59. The zero-order valence-corrected chi connectivity index (χ0v) is 7.06. The van der Waals surface area contributed by atoms with E-state index in [1.165, 1.54) is 12.1 Å². The molecule has 0 radical (unpaired) electrons. The Balaban J connectivity index is 2.50. The monoisotopic (exact) mass is 181 g/mol. The summed E-state index contributed by atoms with van der Waals surface area (Å²) >= 11 is 0. The van der Waals surface area contributed by atoms with Gasteiger partial charge in [0.1, 0.15) is 0 Å². The first-order valence-electron chi connectivity index (χ1n) is 3.88. The second kappa shape index (κ2) is 4.42. The number of pyridine rings is 1. The number of hydrogen-bond acceptors (Lipinski definition) is 3. The largest absolute Gasteiger partial charge is 0.353 e. The minimum Gasteiger partial charge on any atom is -0.353 e. The highest BCUT2D eigenvalue weighted by Crippen LogP contribution is 1.88. The van der Waals surface area contributed by atoms with Gasteiger partial charge in [-0.1, -0.05) is 0 Å². The highest BCUT2D eigenvalue weighted by Gasteiger charge is 1.97. The van der Waals surface area contributed by atoms with Crippen molar-refractivity contribution in [3.63, 3.8) is 0 Å². The summed E-state index contributed by atoms with van der Waals surface area (Å²) in [5, 5.41) is 0. The first-order valence-corrected chi connectivity index (χ1v) is 3.88. The van der Waals surface area contributed by atoms with Gasteiger partial charge in [0.25, 0.3) is 0 Å². The number of nitrogens with two attached hydrogens (primary N) is 1. The fourth-order valence-corrected chi connectivity index (χ4v) is 0.896. The number of hydrazine groups is 1. The topological polar surface area (TPSA) is 77.1 Å². The molecule has 13 heavy (non-hydrogen) atoms. The van der Waals surface area contributed by atoms with Crippen molar-refractivity contribution in [2.45, 2.75) is 13.0 Å². The van der Waals surface area contributed by atoms with Crippen molar-refractivity contribution >= 4 is 5.91 Å². The lowest BCUT2D eigenvalue weighted by Crippen LogP contribution is -2.30. The molecule has 70 valence electrons. The molecule has 0 aromatic carbocycles. The molecule has 0 aliphatic heterocycles. The van der Waals surface area contributed by atoms with E-state index in [1.807, 2.05) is 5.43 Å². The summed E-state index contributed by atoms with van der Waals surface area (Å²) in [5.74, 6) is 4.68. The zero-order valence-electron chi connectivity index (χ0n) is 7.06. The van der Waals surface area contributed by atoms with Crippen LogP contribution in [-0.2, 0) is 11.3 Å². The van der Waals surface area contributed by atoms with Crippen molar-refractivity contribution in [2.24, 2.45) is 5.84 Å². The smallest absolute Gasteiger partial charge is 0.235 e. The van der Waals surface area contributed by atoms with Gasteiger partial charge in [0.05, 0.1) is 0 Å². The predicted molar refractivity (Wildman–Crippen MR) is 47.6 cm³/mol. The highest BCUT2D eigenvalue weighted by molar-refractivity contribution is 5.74. The number of carbonyl (C=O) groups excluding carboxylic acids is 1. The molecule has 5 heteroatoms. The Morgan fingerprint density at radius 1 is 1.46 bits per heavy atom. The maximum atomic E-state index is 10.7. The summed E-state index contributed by atoms with van der Waals surface area (Å²) in [6.45, 7) is 0.517. The quantitative estimate of drug-likeness (QED) is 0.365. The van der Waals surface area contributed by atoms with Gasteiger partial charge in [-0.05, 0) is 0 Å². The summed E-state index contributed by atoms with van der Waals surface area (Å²) in [4.78, 5) is 21.4. The van der Waals surface area contributed by atoms with E-state index in [1.54, 1.807) is 17.0 Å². The van der Waals surface area contributed by atoms with Gasteiger partial charge in [-0.2, -0.15) is 0 Å². The average Bonchev–Trinajstić information content (AvgIpc) is 2.16. The fraction of sp³-hybridized carbons (Fsp3) is 0.250. The lowest BCUT2D eigenvalue weighted by Gasteiger charge is -2.03. The van der Waals surface area contributed by atoms with E-state index >= 15 is 0 Å². The Morgan fingerprint density at radius 2 is 2.08 bits per heavy atom. The Morgan fingerprint density at radius 3 is 2.62 bits per heavy atom. The molecule has 1 heterocycles. The van der Waals surface area contributed by atoms with Crippen LogP contribution < -0.4 is 16.7 Å². The molecule has 3 N–H and O–H groups in total. The third-order valence-corrected chi connectivity index (χ3v) is 1.62. The minimum atomic E-state index is -0.223. The van der Waals surface area contributed by atoms with E-state index < -0.39 is 0 Å². The molecule has 1 aromatic rings. The third-order valence-electron chi connectivity index (χ3n) is 1.62. The van der Waals surface area contributed by atoms with Crippen molar-refractivity contribution in [1.82, 2.24) is 9.99 Å². The molecular formula is C8H11N3O2. The molecule has 0 aliphatic carbocycles. The summed E-state index contributed by atoms with van der Waals surface area (Å²) in [6.07, 6.45) is 3.57. The van der Waals surface area contributed by atoms with Crippen LogP contribution in [0.5, 0.6) is 0 Å². The Hall–Kier alpha value is -1.62. The van der Waals surface area contributed by atoms with Crippen molar-refractivity contribution in [2.75, 3.05) is 0 Å². The van der Waals surface area contributed by atoms with Gasteiger partial charge in [-0.25, -0.2) is 5.84 Å². The normalized spacial score (nSPS) is 9.62. The van der Waals surface area contributed by atoms with E-state index in [-0.39, 0.29) is 11.3 Å². The fourth-order valence-electron chi connectivity index (χ4n) is 0.896. The van der Waals surface area contributed by atoms with E-state index in [4.69, 9.17) is 5.84 Å². The molecule has 5 nitrogen and oxygen atoms in total. The molecule has 0 fully saturated rings.